The second kappa shape index (κ2) is 7.45. The summed E-state index contributed by atoms with van der Waals surface area (Å²) in [5.74, 6) is 1.54. The van der Waals surface area contributed by atoms with Gasteiger partial charge in [-0.2, -0.15) is 0 Å². The third-order valence-electron chi connectivity index (χ3n) is 4.84. The highest BCUT2D eigenvalue weighted by atomic mass is 16.5. The Balaban J connectivity index is 1.43. The van der Waals surface area contributed by atoms with Gasteiger partial charge in [0, 0.05) is 48.7 Å². The van der Waals surface area contributed by atoms with Gasteiger partial charge >= 0.3 is 0 Å². The summed E-state index contributed by atoms with van der Waals surface area (Å²) in [7, 11) is 0. The van der Waals surface area contributed by atoms with Crippen LogP contribution in [0.4, 0.5) is 0 Å². The fourth-order valence-corrected chi connectivity index (χ4v) is 3.29. The standard InChI is InChI=1S/C19H23N5O2/c1-13-6-17(23-12-22-13)7-14-10-24(4-5-26-11-14)19(25)16-8-20-18(21-9-16)15-2-3-15/h6,8-9,12,14-15H,2-5,7,10-11H2,1H3. The third-order valence-corrected chi connectivity index (χ3v) is 4.84. The van der Waals surface area contributed by atoms with Gasteiger partial charge in [0.25, 0.3) is 5.91 Å². The molecular formula is C19H23N5O2. The highest BCUT2D eigenvalue weighted by Gasteiger charge is 2.28. The first-order valence-corrected chi connectivity index (χ1v) is 9.15. The van der Waals surface area contributed by atoms with E-state index in [2.05, 4.69) is 19.9 Å². The number of amides is 1. The van der Waals surface area contributed by atoms with Crippen LogP contribution in [-0.2, 0) is 11.2 Å². The molecule has 3 heterocycles. The second-order valence-electron chi connectivity index (χ2n) is 7.15. The smallest absolute Gasteiger partial charge is 0.257 e. The summed E-state index contributed by atoms with van der Waals surface area (Å²) < 4.78 is 5.72. The van der Waals surface area contributed by atoms with Gasteiger partial charge in [-0.3, -0.25) is 4.79 Å². The lowest BCUT2D eigenvalue weighted by molar-refractivity contribution is 0.0736. The maximum Gasteiger partial charge on any atom is 0.257 e. The molecule has 7 heteroatoms. The number of rotatable bonds is 4. The van der Waals surface area contributed by atoms with Gasteiger partial charge in [-0.05, 0) is 32.3 Å². The lowest BCUT2D eigenvalue weighted by Crippen LogP contribution is -2.36. The summed E-state index contributed by atoms with van der Waals surface area (Å²) in [6.07, 6.45) is 7.99. The van der Waals surface area contributed by atoms with Crippen molar-refractivity contribution >= 4 is 5.91 Å². The number of nitrogens with zero attached hydrogens (tertiary/aromatic N) is 5. The molecular weight excluding hydrogens is 330 g/mol. The van der Waals surface area contributed by atoms with Gasteiger partial charge in [-0.15, -0.1) is 0 Å². The molecule has 1 aliphatic heterocycles. The van der Waals surface area contributed by atoms with E-state index >= 15 is 0 Å². The van der Waals surface area contributed by atoms with Crippen molar-refractivity contribution in [3.05, 3.63) is 47.6 Å². The van der Waals surface area contributed by atoms with E-state index in [0.29, 0.717) is 37.8 Å². The molecule has 1 aliphatic carbocycles. The molecule has 1 unspecified atom stereocenters. The zero-order chi connectivity index (χ0) is 17.9. The molecule has 2 aliphatic rings. The first kappa shape index (κ1) is 17.0. The van der Waals surface area contributed by atoms with E-state index in [1.807, 2.05) is 17.9 Å². The Bertz CT molecular complexity index is 776. The van der Waals surface area contributed by atoms with Crippen molar-refractivity contribution in [2.75, 3.05) is 26.3 Å². The van der Waals surface area contributed by atoms with Crippen molar-refractivity contribution in [3.8, 4) is 0 Å². The molecule has 2 aromatic rings. The van der Waals surface area contributed by atoms with E-state index in [9.17, 15) is 4.79 Å². The lowest BCUT2D eigenvalue weighted by Gasteiger charge is -2.23. The van der Waals surface area contributed by atoms with E-state index in [1.165, 1.54) is 0 Å². The molecule has 0 radical (unpaired) electrons. The normalized spacial score (nSPS) is 20.7. The van der Waals surface area contributed by atoms with Crippen LogP contribution in [0.15, 0.2) is 24.8 Å². The molecule has 0 aromatic carbocycles. The SMILES string of the molecule is Cc1cc(CC2COCCN(C(=O)c3cnc(C4CC4)nc3)C2)ncn1. The molecule has 7 nitrogen and oxygen atoms in total. The lowest BCUT2D eigenvalue weighted by atomic mass is 10.0. The Labute approximate surface area is 152 Å². The van der Waals surface area contributed by atoms with Crippen LogP contribution in [0.1, 0.15) is 46.3 Å². The van der Waals surface area contributed by atoms with Gasteiger partial charge in [0.05, 0.1) is 18.8 Å². The van der Waals surface area contributed by atoms with Crippen LogP contribution in [0.3, 0.4) is 0 Å². The number of aryl methyl sites for hydroxylation is 1. The minimum atomic E-state index is -0.0262. The monoisotopic (exact) mass is 353 g/mol. The average Bonchev–Trinajstić information content (AvgIpc) is 3.49. The maximum absolute atomic E-state index is 12.9. The molecule has 26 heavy (non-hydrogen) atoms. The molecule has 4 rings (SSSR count). The first-order valence-electron chi connectivity index (χ1n) is 9.15. The van der Waals surface area contributed by atoms with Crippen LogP contribution in [0.5, 0.6) is 0 Å². The zero-order valence-corrected chi connectivity index (χ0v) is 15.0. The molecule has 2 aromatic heterocycles. The Hall–Kier alpha value is -2.41. The van der Waals surface area contributed by atoms with Crippen molar-refractivity contribution in [1.82, 2.24) is 24.8 Å². The minimum Gasteiger partial charge on any atom is -0.379 e. The molecule has 136 valence electrons. The Morgan fingerprint density at radius 3 is 2.77 bits per heavy atom. The molecule has 1 saturated carbocycles. The van der Waals surface area contributed by atoms with Gasteiger partial charge < -0.3 is 9.64 Å². The fraction of sp³-hybridized carbons (Fsp3) is 0.526. The molecule has 2 fully saturated rings. The van der Waals surface area contributed by atoms with Crippen molar-refractivity contribution < 1.29 is 9.53 Å². The van der Waals surface area contributed by atoms with Gasteiger partial charge in [-0.25, -0.2) is 19.9 Å². The van der Waals surface area contributed by atoms with Gasteiger partial charge in [0.2, 0.25) is 0 Å². The average molecular weight is 353 g/mol. The number of hydrogen-bond donors (Lipinski definition) is 0. The predicted octanol–water partition coefficient (Wildman–Crippen LogP) is 1.78. The summed E-state index contributed by atoms with van der Waals surface area (Å²) in [6.45, 7) is 4.36. The molecule has 1 amide bonds. The Morgan fingerprint density at radius 2 is 2.04 bits per heavy atom. The van der Waals surface area contributed by atoms with E-state index in [1.54, 1.807) is 18.7 Å². The largest absolute Gasteiger partial charge is 0.379 e. The molecule has 1 saturated heterocycles. The third kappa shape index (κ3) is 4.04. The van der Waals surface area contributed by atoms with Crippen molar-refractivity contribution in [2.24, 2.45) is 5.92 Å². The number of aromatic nitrogens is 4. The number of carbonyl (C=O) groups is 1. The summed E-state index contributed by atoms with van der Waals surface area (Å²) in [6, 6.07) is 1.99. The summed E-state index contributed by atoms with van der Waals surface area (Å²) in [4.78, 5) is 31.9. The van der Waals surface area contributed by atoms with E-state index in [4.69, 9.17) is 4.74 Å². The van der Waals surface area contributed by atoms with E-state index < -0.39 is 0 Å². The highest BCUT2D eigenvalue weighted by molar-refractivity contribution is 5.93. The summed E-state index contributed by atoms with van der Waals surface area (Å²) >= 11 is 0. The molecule has 0 spiro atoms. The molecule has 1 atom stereocenters. The van der Waals surface area contributed by atoms with Crippen molar-refractivity contribution in [3.63, 3.8) is 0 Å². The maximum atomic E-state index is 12.9. The van der Waals surface area contributed by atoms with Crippen LogP contribution in [0, 0.1) is 12.8 Å². The van der Waals surface area contributed by atoms with Crippen LogP contribution in [0.25, 0.3) is 0 Å². The van der Waals surface area contributed by atoms with Crippen LogP contribution < -0.4 is 0 Å². The minimum absolute atomic E-state index is 0.0262. The Kier molecular flexibility index (Phi) is 4.88. The Morgan fingerprint density at radius 1 is 1.23 bits per heavy atom. The van der Waals surface area contributed by atoms with Gasteiger partial charge in [-0.1, -0.05) is 0 Å². The first-order chi connectivity index (χ1) is 12.7. The van der Waals surface area contributed by atoms with Gasteiger partial charge in [0.1, 0.15) is 12.2 Å². The van der Waals surface area contributed by atoms with Crippen LogP contribution >= 0.6 is 0 Å². The van der Waals surface area contributed by atoms with Crippen LogP contribution in [-0.4, -0.2) is 57.0 Å². The zero-order valence-electron chi connectivity index (χ0n) is 15.0. The molecule has 0 bridgehead atoms. The predicted molar refractivity (Wildman–Crippen MR) is 94.7 cm³/mol. The number of ether oxygens (including phenoxy) is 1. The fourth-order valence-electron chi connectivity index (χ4n) is 3.29. The number of carbonyl (C=O) groups excluding carboxylic acids is 1. The summed E-state index contributed by atoms with van der Waals surface area (Å²) in [5.41, 5.74) is 2.48. The highest BCUT2D eigenvalue weighted by Crippen LogP contribution is 2.37. The van der Waals surface area contributed by atoms with Gasteiger partial charge in [0.15, 0.2) is 0 Å². The number of hydrogen-bond acceptors (Lipinski definition) is 6. The topological polar surface area (TPSA) is 81.1 Å². The van der Waals surface area contributed by atoms with E-state index in [-0.39, 0.29) is 11.8 Å². The van der Waals surface area contributed by atoms with E-state index in [0.717, 1.165) is 36.5 Å². The van der Waals surface area contributed by atoms with Crippen molar-refractivity contribution in [1.29, 1.82) is 0 Å². The van der Waals surface area contributed by atoms with Crippen molar-refractivity contribution in [2.45, 2.75) is 32.1 Å². The molecule has 0 N–H and O–H groups in total. The second-order valence-corrected chi connectivity index (χ2v) is 7.15. The van der Waals surface area contributed by atoms with Crippen LogP contribution in [0.2, 0.25) is 0 Å². The quantitative estimate of drug-likeness (QED) is 0.833. The summed E-state index contributed by atoms with van der Waals surface area (Å²) in [5, 5.41) is 0.